The zero-order chi connectivity index (χ0) is 15.6. The van der Waals surface area contributed by atoms with Crippen LogP contribution in [0.4, 0.5) is 5.69 Å². The molecule has 7 nitrogen and oxygen atoms in total. The highest BCUT2D eigenvalue weighted by molar-refractivity contribution is 9.10. The van der Waals surface area contributed by atoms with Crippen molar-refractivity contribution in [2.75, 3.05) is 7.05 Å². The van der Waals surface area contributed by atoms with Crippen molar-refractivity contribution in [3.05, 3.63) is 56.3 Å². The van der Waals surface area contributed by atoms with Gasteiger partial charge in [0.15, 0.2) is 0 Å². The summed E-state index contributed by atoms with van der Waals surface area (Å²) in [7, 11) is 3.47. The maximum atomic E-state index is 12.3. The highest BCUT2D eigenvalue weighted by atomic mass is 79.9. The van der Waals surface area contributed by atoms with Crippen LogP contribution in [-0.2, 0) is 13.6 Å². The van der Waals surface area contributed by atoms with Crippen molar-refractivity contribution in [3.63, 3.8) is 0 Å². The molecular formula is C13H13BrN4O3. The molecule has 0 atom stereocenters. The summed E-state index contributed by atoms with van der Waals surface area (Å²) in [4.78, 5) is 23.9. The summed E-state index contributed by atoms with van der Waals surface area (Å²) in [5, 5.41) is 14.7. The first-order chi connectivity index (χ1) is 9.90. The predicted octanol–water partition coefficient (Wildman–Crippen LogP) is 2.36. The first-order valence-electron chi connectivity index (χ1n) is 6.06. The molecule has 0 saturated carbocycles. The number of amides is 1. The van der Waals surface area contributed by atoms with Crippen LogP contribution >= 0.6 is 15.9 Å². The van der Waals surface area contributed by atoms with Crippen molar-refractivity contribution < 1.29 is 9.72 Å². The Hall–Kier alpha value is -2.22. The van der Waals surface area contributed by atoms with E-state index in [1.807, 2.05) is 0 Å². The fourth-order valence-corrected chi connectivity index (χ4v) is 2.33. The van der Waals surface area contributed by atoms with Gasteiger partial charge in [-0.25, -0.2) is 0 Å². The summed E-state index contributed by atoms with van der Waals surface area (Å²) in [6, 6.07) is 5.55. The molecule has 0 saturated heterocycles. The number of carbonyl (C=O) groups is 1. The molecule has 0 unspecified atom stereocenters. The molecular weight excluding hydrogens is 340 g/mol. The number of aromatic nitrogens is 2. The van der Waals surface area contributed by atoms with Gasteiger partial charge in [0, 0.05) is 31.8 Å². The van der Waals surface area contributed by atoms with E-state index in [1.165, 1.54) is 29.2 Å². The Kier molecular flexibility index (Phi) is 4.37. The Balaban J connectivity index is 2.14. The molecule has 2 rings (SSSR count). The second kappa shape index (κ2) is 6.04. The lowest BCUT2D eigenvalue weighted by Gasteiger charge is -2.17. The van der Waals surface area contributed by atoms with Gasteiger partial charge in [-0.2, -0.15) is 5.10 Å². The number of halogens is 1. The molecule has 0 bridgehead atoms. The summed E-state index contributed by atoms with van der Waals surface area (Å²) >= 11 is 3.38. The van der Waals surface area contributed by atoms with Crippen LogP contribution < -0.4 is 0 Å². The third kappa shape index (κ3) is 3.27. The number of aryl methyl sites for hydroxylation is 1. The van der Waals surface area contributed by atoms with Gasteiger partial charge in [0.05, 0.1) is 27.8 Å². The molecule has 1 amide bonds. The number of hydrogen-bond acceptors (Lipinski definition) is 4. The van der Waals surface area contributed by atoms with Crippen LogP contribution in [0.25, 0.3) is 0 Å². The molecule has 0 aliphatic heterocycles. The van der Waals surface area contributed by atoms with E-state index >= 15 is 0 Å². The van der Waals surface area contributed by atoms with Gasteiger partial charge in [0.2, 0.25) is 0 Å². The minimum Gasteiger partial charge on any atom is -0.336 e. The van der Waals surface area contributed by atoms with Crippen molar-refractivity contribution in [2.24, 2.45) is 7.05 Å². The molecule has 110 valence electrons. The Labute approximate surface area is 129 Å². The Morgan fingerprint density at radius 3 is 2.52 bits per heavy atom. The van der Waals surface area contributed by atoms with E-state index in [0.29, 0.717) is 12.1 Å². The normalized spacial score (nSPS) is 10.4. The summed E-state index contributed by atoms with van der Waals surface area (Å²) < 4.78 is 2.51. The Morgan fingerprint density at radius 1 is 1.43 bits per heavy atom. The number of benzene rings is 1. The Bertz CT molecular complexity index is 662. The number of nitro groups is 1. The molecule has 8 heteroatoms. The molecule has 0 spiro atoms. The van der Waals surface area contributed by atoms with Crippen molar-refractivity contribution in [1.29, 1.82) is 0 Å². The van der Waals surface area contributed by atoms with Crippen molar-refractivity contribution >= 4 is 27.5 Å². The number of non-ortho nitro benzene ring substituents is 1. The number of nitrogens with zero attached hydrogens (tertiary/aromatic N) is 4. The van der Waals surface area contributed by atoms with E-state index < -0.39 is 4.92 Å². The first-order valence-corrected chi connectivity index (χ1v) is 6.85. The van der Waals surface area contributed by atoms with E-state index in [1.54, 1.807) is 25.0 Å². The van der Waals surface area contributed by atoms with Crippen LogP contribution in [-0.4, -0.2) is 32.6 Å². The molecule has 1 aromatic carbocycles. The monoisotopic (exact) mass is 352 g/mol. The van der Waals surface area contributed by atoms with E-state index in [-0.39, 0.29) is 11.6 Å². The average Bonchev–Trinajstić information content (AvgIpc) is 2.78. The predicted molar refractivity (Wildman–Crippen MR) is 79.8 cm³/mol. The molecule has 2 aromatic rings. The third-order valence-corrected chi connectivity index (χ3v) is 3.73. The van der Waals surface area contributed by atoms with Gasteiger partial charge >= 0.3 is 0 Å². The summed E-state index contributed by atoms with van der Waals surface area (Å²) in [5.41, 5.74) is 1.23. The van der Waals surface area contributed by atoms with Gasteiger partial charge in [-0.15, -0.1) is 0 Å². The molecule has 1 heterocycles. The summed E-state index contributed by atoms with van der Waals surface area (Å²) in [6.45, 7) is 0.382. The molecule has 0 aliphatic carbocycles. The lowest BCUT2D eigenvalue weighted by Crippen LogP contribution is -2.27. The van der Waals surface area contributed by atoms with E-state index in [0.717, 1.165) is 10.2 Å². The number of nitro benzene ring substituents is 1. The summed E-state index contributed by atoms with van der Waals surface area (Å²) in [5.74, 6) is -0.210. The van der Waals surface area contributed by atoms with Gasteiger partial charge in [-0.3, -0.25) is 19.6 Å². The van der Waals surface area contributed by atoms with E-state index in [2.05, 4.69) is 21.0 Å². The van der Waals surface area contributed by atoms with Crippen molar-refractivity contribution in [2.45, 2.75) is 6.54 Å². The first kappa shape index (κ1) is 15.2. The molecule has 0 aliphatic rings. The van der Waals surface area contributed by atoms with E-state index in [4.69, 9.17) is 0 Å². The second-order valence-electron chi connectivity index (χ2n) is 4.53. The van der Waals surface area contributed by atoms with Gasteiger partial charge < -0.3 is 4.90 Å². The lowest BCUT2D eigenvalue weighted by atomic mass is 10.2. The van der Waals surface area contributed by atoms with Crippen LogP contribution in [0.15, 0.2) is 34.9 Å². The average molecular weight is 353 g/mol. The maximum absolute atomic E-state index is 12.3. The fraction of sp³-hybridized carbons (Fsp3) is 0.231. The quantitative estimate of drug-likeness (QED) is 0.624. The third-order valence-electron chi connectivity index (χ3n) is 3.07. The van der Waals surface area contributed by atoms with Gasteiger partial charge in [0.1, 0.15) is 0 Å². The van der Waals surface area contributed by atoms with E-state index in [9.17, 15) is 14.9 Å². The molecule has 21 heavy (non-hydrogen) atoms. The van der Waals surface area contributed by atoms with Crippen molar-refractivity contribution in [3.8, 4) is 0 Å². The standard InChI is InChI=1S/C13H13BrN4O3/c1-16(8-12-11(14)7-15-17(12)2)13(19)9-3-5-10(6-4-9)18(20)21/h3-7H,8H2,1-2H3. The zero-order valence-electron chi connectivity index (χ0n) is 11.5. The molecule has 0 radical (unpaired) electrons. The highest BCUT2D eigenvalue weighted by Crippen LogP contribution is 2.18. The SMILES string of the molecule is CN(Cc1c(Br)cnn1C)C(=O)c1ccc([N+](=O)[O-])cc1. The number of rotatable bonds is 4. The van der Waals surface area contributed by atoms with Gasteiger partial charge in [0.25, 0.3) is 11.6 Å². The largest absolute Gasteiger partial charge is 0.336 e. The zero-order valence-corrected chi connectivity index (χ0v) is 13.1. The molecule has 1 aromatic heterocycles. The van der Waals surface area contributed by atoms with Crippen LogP contribution in [0.3, 0.4) is 0 Å². The minimum absolute atomic E-state index is 0.0383. The summed E-state index contributed by atoms with van der Waals surface area (Å²) in [6.07, 6.45) is 1.67. The number of hydrogen-bond donors (Lipinski definition) is 0. The van der Waals surface area contributed by atoms with Crippen LogP contribution in [0, 0.1) is 10.1 Å². The van der Waals surface area contributed by atoms with Gasteiger partial charge in [-0.1, -0.05) is 0 Å². The van der Waals surface area contributed by atoms with Crippen LogP contribution in [0.5, 0.6) is 0 Å². The second-order valence-corrected chi connectivity index (χ2v) is 5.38. The fourth-order valence-electron chi connectivity index (χ4n) is 1.86. The van der Waals surface area contributed by atoms with Crippen LogP contribution in [0.1, 0.15) is 16.1 Å². The van der Waals surface area contributed by atoms with Crippen molar-refractivity contribution in [1.82, 2.24) is 14.7 Å². The van der Waals surface area contributed by atoms with Crippen LogP contribution in [0.2, 0.25) is 0 Å². The smallest absolute Gasteiger partial charge is 0.269 e. The Morgan fingerprint density at radius 2 is 2.05 bits per heavy atom. The maximum Gasteiger partial charge on any atom is 0.269 e. The molecule has 0 N–H and O–H groups in total. The highest BCUT2D eigenvalue weighted by Gasteiger charge is 2.16. The van der Waals surface area contributed by atoms with Gasteiger partial charge in [-0.05, 0) is 28.1 Å². The topological polar surface area (TPSA) is 81.3 Å². The minimum atomic E-state index is -0.495. The molecule has 0 fully saturated rings. The number of carbonyl (C=O) groups excluding carboxylic acids is 1. The lowest BCUT2D eigenvalue weighted by molar-refractivity contribution is -0.384.